The predicted octanol–water partition coefficient (Wildman–Crippen LogP) is 5.55. The molecule has 2 aromatic heterocycles. The van der Waals surface area contributed by atoms with Crippen LogP contribution < -0.4 is 21.8 Å². The van der Waals surface area contributed by atoms with Crippen LogP contribution in [-0.4, -0.2) is 67.0 Å². The number of piperidine rings is 1. The lowest BCUT2D eigenvalue weighted by Crippen LogP contribution is -2.35. The Labute approximate surface area is 233 Å². The largest absolute Gasteiger partial charge is 0.353 e. The molecule has 8 nitrogen and oxygen atoms in total. The molecule has 0 radical (unpaired) electrons. The van der Waals surface area contributed by atoms with Gasteiger partial charge in [0.05, 0.1) is 11.4 Å². The summed E-state index contributed by atoms with van der Waals surface area (Å²) in [7, 11) is 5.86. The van der Waals surface area contributed by atoms with E-state index in [0.29, 0.717) is 0 Å². The van der Waals surface area contributed by atoms with Gasteiger partial charge in [0.25, 0.3) is 0 Å². The van der Waals surface area contributed by atoms with Crippen molar-refractivity contribution in [2.75, 3.05) is 47.0 Å². The van der Waals surface area contributed by atoms with Gasteiger partial charge in [-0.2, -0.15) is 0 Å². The first-order valence-corrected chi connectivity index (χ1v) is 13.7. The van der Waals surface area contributed by atoms with Crippen LogP contribution in [-0.2, 0) is 13.1 Å². The van der Waals surface area contributed by atoms with Gasteiger partial charge in [0.2, 0.25) is 0 Å². The van der Waals surface area contributed by atoms with Crippen LogP contribution in [0.25, 0.3) is 0 Å². The number of aromatic nitrogens is 3. The van der Waals surface area contributed by atoms with E-state index >= 15 is 0 Å². The Morgan fingerprint density at radius 3 is 1.97 bits per heavy atom. The summed E-state index contributed by atoms with van der Waals surface area (Å²) in [4.78, 5) is 10.1. The Morgan fingerprint density at radius 1 is 0.892 bits per heavy atom. The number of hydrogen-bond acceptors (Lipinski definition) is 7. The van der Waals surface area contributed by atoms with Crippen molar-refractivity contribution in [1.29, 1.82) is 0 Å². The third-order valence-electron chi connectivity index (χ3n) is 5.41. The first-order valence-electron chi connectivity index (χ1n) is 12.4. The standard InChI is InChI=1S/C8H15N.C7H12N2S.C5H9N3.C5H12N2.3CH4/c1-9-7-8-5-3-2-4-6-8;1-8-5-6-3-4-7(9-6)10-2;1-6-2-5-3-7-4-8-5;6-7-4-2-1-3-5-7;;;/h5,9H,2-4,6-7H2,1H3;3-4,8-9H,5H2,1-2H3;3-4,6H,2H2,1H3,(H,7,8);1-6H2;3*1H4. The zero-order chi connectivity index (χ0) is 24.9. The summed E-state index contributed by atoms with van der Waals surface area (Å²) >= 11 is 1.73. The van der Waals surface area contributed by atoms with Gasteiger partial charge in [-0.25, -0.2) is 9.99 Å². The predicted molar refractivity (Wildman–Crippen MR) is 167 cm³/mol. The molecule has 218 valence electrons. The second kappa shape index (κ2) is 27.4. The van der Waals surface area contributed by atoms with E-state index in [0.717, 1.165) is 38.4 Å². The van der Waals surface area contributed by atoms with E-state index in [1.807, 2.05) is 26.2 Å². The minimum Gasteiger partial charge on any atom is -0.353 e. The number of imidazole rings is 1. The average Bonchev–Trinajstić information content (AvgIpc) is 3.55. The summed E-state index contributed by atoms with van der Waals surface area (Å²) in [5.41, 5.74) is 3.96. The van der Waals surface area contributed by atoms with E-state index < -0.39 is 0 Å². The van der Waals surface area contributed by atoms with Gasteiger partial charge in [-0.05, 0) is 78.1 Å². The zero-order valence-electron chi connectivity index (χ0n) is 21.8. The molecule has 0 bridgehead atoms. The Balaban J connectivity index is -0.000000408. The maximum absolute atomic E-state index is 5.47. The maximum atomic E-state index is 5.47. The number of allylic oxidation sites excluding steroid dienone is 1. The summed E-state index contributed by atoms with van der Waals surface area (Å²) in [6.45, 7) is 5.07. The molecule has 3 heterocycles. The average molecular weight is 541 g/mol. The lowest BCUT2D eigenvalue weighted by atomic mass is 10.00. The molecular weight excluding hydrogens is 480 g/mol. The summed E-state index contributed by atoms with van der Waals surface area (Å²) in [5, 5.41) is 12.4. The lowest BCUT2D eigenvalue weighted by Gasteiger charge is -2.20. The summed E-state index contributed by atoms with van der Waals surface area (Å²) in [6.07, 6.45) is 17.3. The number of nitrogens with zero attached hydrogens (tertiary/aromatic N) is 2. The minimum atomic E-state index is 0. The van der Waals surface area contributed by atoms with Crippen molar-refractivity contribution in [2.24, 2.45) is 5.84 Å². The molecule has 0 aromatic carbocycles. The van der Waals surface area contributed by atoms with Crippen molar-refractivity contribution < 1.29 is 0 Å². The quantitative estimate of drug-likeness (QED) is 0.155. The van der Waals surface area contributed by atoms with Gasteiger partial charge in [0.1, 0.15) is 0 Å². The number of aromatic amines is 2. The third kappa shape index (κ3) is 21.1. The molecule has 37 heavy (non-hydrogen) atoms. The molecule has 7 N–H and O–H groups in total. The Kier molecular flexibility index (Phi) is 29.6. The van der Waals surface area contributed by atoms with Gasteiger partial charge in [0.15, 0.2) is 0 Å². The molecule has 9 heteroatoms. The minimum absolute atomic E-state index is 0. The third-order valence-corrected chi connectivity index (χ3v) is 6.09. The summed E-state index contributed by atoms with van der Waals surface area (Å²) < 4.78 is 0. The smallest absolute Gasteiger partial charge is 0.0922 e. The fourth-order valence-electron chi connectivity index (χ4n) is 3.61. The van der Waals surface area contributed by atoms with Gasteiger partial charge in [-0.1, -0.05) is 40.3 Å². The second-order valence-electron chi connectivity index (χ2n) is 8.42. The van der Waals surface area contributed by atoms with E-state index in [4.69, 9.17) is 5.84 Å². The molecular formula is C28H60N8S. The highest BCUT2D eigenvalue weighted by Crippen LogP contribution is 2.15. The molecule has 2 aromatic rings. The summed E-state index contributed by atoms with van der Waals surface area (Å²) in [5.74, 6) is 5.47. The van der Waals surface area contributed by atoms with E-state index in [1.54, 1.807) is 29.9 Å². The highest BCUT2D eigenvalue weighted by molar-refractivity contribution is 7.98. The number of rotatable bonds is 7. The van der Waals surface area contributed by atoms with Gasteiger partial charge in [0, 0.05) is 50.3 Å². The number of likely N-dealkylation sites (N-methyl/N-ethyl adjacent to an activating group) is 1. The topological polar surface area (TPSA) is 110 Å². The Bertz CT molecular complexity index is 724. The van der Waals surface area contributed by atoms with Crippen LogP contribution in [0, 0.1) is 0 Å². The van der Waals surface area contributed by atoms with Crippen molar-refractivity contribution in [1.82, 2.24) is 35.9 Å². The zero-order valence-corrected chi connectivity index (χ0v) is 22.6. The van der Waals surface area contributed by atoms with Crippen molar-refractivity contribution >= 4 is 11.8 Å². The van der Waals surface area contributed by atoms with Gasteiger partial charge in [-0.3, -0.25) is 5.84 Å². The van der Waals surface area contributed by atoms with Gasteiger partial charge in [-0.15, -0.1) is 11.8 Å². The number of hydrogen-bond donors (Lipinski definition) is 6. The van der Waals surface area contributed by atoms with Crippen LogP contribution in [0.1, 0.15) is 78.6 Å². The molecule has 0 amide bonds. The highest BCUT2D eigenvalue weighted by atomic mass is 32.2. The molecule has 0 atom stereocenters. The van der Waals surface area contributed by atoms with Crippen molar-refractivity contribution in [3.8, 4) is 0 Å². The molecule has 1 aliphatic heterocycles. The molecule has 1 aliphatic carbocycles. The maximum Gasteiger partial charge on any atom is 0.0922 e. The molecule has 0 unspecified atom stereocenters. The summed E-state index contributed by atoms with van der Waals surface area (Å²) in [6, 6.07) is 4.19. The van der Waals surface area contributed by atoms with Gasteiger partial charge < -0.3 is 25.9 Å². The van der Waals surface area contributed by atoms with Gasteiger partial charge >= 0.3 is 0 Å². The fraction of sp³-hybridized carbons (Fsp3) is 0.679. The van der Waals surface area contributed by atoms with E-state index in [1.165, 1.54) is 55.7 Å². The second-order valence-corrected chi connectivity index (χ2v) is 9.27. The highest BCUT2D eigenvalue weighted by Gasteiger charge is 2.03. The Morgan fingerprint density at radius 2 is 1.54 bits per heavy atom. The van der Waals surface area contributed by atoms with Crippen molar-refractivity contribution in [3.05, 3.63) is 47.7 Å². The van der Waals surface area contributed by atoms with Crippen molar-refractivity contribution in [2.45, 2.75) is 85.3 Å². The van der Waals surface area contributed by atoms with Crippen LogP contribution in [0.2, 0.25) is 0 Å². The van der Waals surface area contributed by atoms with Crippen LogP contribution in [0.3, 0.4) is 0 Å². The molecule has 2 aliphatic rings. The van der Waals surface area contributed by atoms with Crippen LogP contribution in [0.5, 0.6) is 0 Å². The number of thioether (sulfide) groups is 1. The Hall–Kier alpha value is -1.62. The fourth-order valence-corrected chi connectivity index (χ4v) is 4.05. The molecule has 0 spiro atoms. The molecule has 0 saturated carbocycles. The molecule has 1 fully saturated rings. The number of H-pyrrole nitrogens is 2. The number of hydrazine groups is 1. The molecule has 4 rings (SSSR count). The first kappa shape index (κ1) is 39.9. The SMILES string of the molecule is C.C.C.CNCC1=CCCCC1.CNCc1ccc(SC)[nH]1.CNCc1cnc[nH]1.NN1CCCCC1. The normalized spacial score (nSPS) is 14.4. The number of nitrogens with two attached hydrogens (primary N) is 1. The van der Waals surface area contributed by atoms with E-state index in [2.05, 4.69) is 55.4 Å². The van der Waals surface area contributed by atoms with E-state index in [9.17, 15) is 0 Å². The monoisotopic (exact) mass is 540 g/mol. The first-order chi connectivity index (χ1) is 16.6. The van der Waals surface area contributed by atoms with E-state index in [-0.39, 0.29) is 22.3 Å². The molecule has 1 saturated heterocycles. The van der Waals surface area contributed by atoms with Crippen LogP contribution >= 0.6 is 11.8 Å². The van der Waals surface area contributed by atoms with Crippen LogP contribution in [0.15, 0.2) is 41.3 Å². The van der Waals surface area contributed by atoms with Crippen molar-refractivity contribution in [3.63, 3.8) is 0 Å². The number of nitrogens with one attached hydrogen (secondary N) is 5. The lowest BCUT2D eigenvalue weighted by molar-refractivity contribution is 0.235. The van der Waals surface area contributed by atoms with Crippen LogP contribution in [0.4, 0.5) is 0 Å².